The minimum atomic E-state index is -1.15. The molecule has 0 heterocycles. The zero-order valence-electron chi connectivity index (χ0n) is 9.43. The molecular formula is C9H19N3O3. The van der Waals surface area contributed by atoms with E-state index >= 15 is 0 Å². The molecule has 1 amide bonds. The van der Waals surface area contributed by atoms with Crippen molar-refractivity contribution < 1.29 is 14.7 Å². The number of hydrogen-bond acceptors (Lipinski definition) is 4. The van der Waals surface area contributed by atoms with Crippen LogP contribution in [0.5, 0.6) is 0 Å². The van der Waals surface area contributed by atoms with Crippen LogP contribution in [0.2, 0.25) is 0 Å². The Bertz CT molecular complexity index is 231. The molecular weight excluding hydrogens is 198 g/mol. The molecule has 0 fully saturated rings. The number of amides is 1. The van der Waals surface area contributed by atoms with E-state index in [1.165, 1.54) is 4.90 Å². The van der Waals surface area contributed by atoms with Gasteiger partial charge in [0, 0.05) is 20.1 Å². The van der Waals surface area contributed by atoms with E-state index in [1.807, 2.05) is 19.0 Å². The highest BCUT2D eigenvalue weighted by Gasteiger charge is 2.18. The molecule has 0 spiro atoms. The molecule has 0 aliphatic carbocycles. The van der Waals surface area contributed by atoms with Gasteiger partial charge >= 0.3 is 5.97 Å². The van der Waals surface area contributed by atoms with Crippen molar-refractivity contribution in [3.8, 4) is 0 Å². The number of carbonyl (C=O) groups is 2. The van der Waals surface area contributed by atoms with E-state index in [0.29, 0.717) is 6.54 Å². The Morgan fingerprint density at radius 3 is 2.20 bits per heavy atom. The number of carboxylic acids is 1. The zero-order chi connectivity index (χ0) is 12.0. The van der Waals surface area contributed by atoms with E-state index in [9.17, 15) is 9.59 Å². The Kier molecular flexibility index (Phi) is 5.88. The first-order valence-electron chi connectivity index (χ1n) is 4.71. The van der Waals surface area contributed by atoms with Crippen molar-refractivity contribution in [3.05, 3.63) is 0 Å². The number of likely N-dealkylation sites (N-methyl/N-ethyl adjacent to an activating group) is 2. The number of carbonyl (C=O) groups excluding carboxylic acids is 1. The minimum absolute atomic E-state index is 0.154. The van der Waals surface area contributed by atoms with Crippen molar-refractivity contribution >= 4 is 11.9 Å². The predicted molar refractivity (Wildman–Crippen MR) is 56.4 cm³/mol. The lowest BCUT2D eigenvalue weighted by Gasteiger charge is -2.20. The summed E-state index contributed by atoms with van der Waals surface area (Å²) in [5, 5.41) is 8.53. The van der Waals surface area contributed by atoms with Gasteiger partial charge in [0.15, 0.2) is 0 Å². The maximum Gasteiger partial charge on any atom is 0.321 e. The molecule has 15 heavy (non-hydrogen) atoms. The van der Waals surface area contributed by atoms with Crippen LogP contribution in [0.4, 0.5) is 0 Å². The van der Waals surface area contributed by atoms with Crippen LogP contribution in [0.1, 0.15) is 6.42 Å². The third-order valence-electron chi connectivity index (χ3n) is 2.02. The van der Waals surface area contributed by atoms with Gasteiger partial charge in [0.1, 0.15) is 6.04 Å². The van der Waals surface area contributed by atoms with E-state index < -0.39 is 12.0 Å². The average Bonchev–Trinajstić information content (AvgIpc) is 2.13. The second-order valence-corrected chi connectivity index (χ2v) is 3.77. The normalized spacial score (nSPS) is 12.6. The number of carboxylic acid groups (broad SMARTS) is 1. The second kappa shape index (κ2) is 6.36. The van der Waals surface area contributed by atoms with Gasteiger partial charge in [-0.1, -0.05) is 0 Å². The van der Waals surface area contributed by atoms with Gasteiger partial charge in [-0.15, -0.1) is 0 Å². The van der Waals surface area contributed by atoms with Crippen molar-refractivity contribution in [3.63, 3.8) is 0 Å². The quantitative estimate of drug-likeness (QED) is 0.584. The van der Waals surface area contributed by atoms with Gasteiger partial charge in [0.05, 0.1) is 6.42 Å². The Balaban J connectivity index is 3.94. The van der Waals surface area contributed by atoms with Gasteiger partial charge in [-0.3, -0.25) is 9.59 Å². The highest BCUT2D eigenvalue weighted by Crippen LogP contribution is 1.95. The van der Waals surface area contributed by atoms with Gasteiger partial charge < -0.3 is 20.6 Å². The number of rotatable bonds is 6. The fourth-order valence-electron chi connectivity index (χ4n) is 0.906. The summed E-state index contributed by atoms with van der Waals surface area (Å²) in [6.07, 6.45) is -0.154. The zero-order valence-corrected chi connectivity index (χ0v) is 9.43. The molecule has 0 aromatic carbocycles. The van der Waals surface area contributed by atoms with E-state index in [1.54, 1.807) is 7.05 Å². The SMILES string of the molecule is CN(C)CCN(C)C(=O)C[C@H](N)C(=O)O. The summed E-state index contributed by atoms with van der Waals surface area (Å²) in [5.41, 5.74) is 5.25. The van der Waals surface area contributed by atoms with E-state index in [-0.39, 0.29) is 12.3 Å². The standard InChI is InChI=1S/C9H19N3O3/c1-11(2)4-5-12(3)8(13)6-7(10)9(14)15/h7H,4-6,10H2,1-3H3,(H,14,15)/t7-/m0/s1. The molecule has 0 bridgehead atoms. The van der Waals surface area contributed by atoms with Gasteiger partial charge in [-0.25, -0.2) is 0 Å². The van der Waals surface area contributed by atoms with Crippen LogP contribution >= 0.6 is 0 Å². The summed E-state index contributed by atoms with van der Waals surface area (Å²) in [6.45, 7) is 1.31. The van der Waals surface area contributed by atoms with Crippen LogP contribution < -0.4 is 5.73 Å². The molecule has 6 nitrogen and oxygen atoms in total. The summed E-state index contributed by atoms with van der Waals surface area (Å²) in [6, 6.07) is -1.11. The number of hydrogen-bond donors (Lipinski definition) is 2. The third-order valence-corrected chi connectivity index (χ3v) is 2.02. The van der Waals surface area contributed by atoms with Crippen LogP contribution in [0, 0.1) is 0 Å². The van der Waals surface area contributed by atoms with Crippen LogP contribution in [0.3, 0.4) is 0 Å². The largest absolute Gasteiger partial charge is 0.480 e. The highest BCUT2D eigenvalue weighted by atomic mass is 16.4. The highest BCUT2D eigenvalue weighted by molar-refractivity contribution is 5.84. The summed E-state index contributed by atoms with van der Waals surface area (Å²) in [4.78, 5) is 25.3. The van der Waals surface area contributed by atoms with Crippen LogP contribution in [0.15, 0.2) is 0 Å². The molecule has 0 aromatic heterocycles. The van der Waals surface area contributed by atoms with Crippen LogP contribution in [-0.2, 0) is 9.59 Å². The smallest absolute Gasteiger partial charge is 0.321 e. The topological polar surface area (TPSA) is 86.9 Å². The molecule has 3 N–H and O–H groups in total. The summed E-state index contributed by atoms with van der Waals surface area (Å²) in [7, 11) is 5.45. The summed E-state index contributed by atoms with van der Waals surface area (Å²) < 4.78 is 0. The van der Waals surface area contributed by atoms with E-state index in [2.05, 4.69) is 0 Å². The number of nitrogens with zero attached hydrogens (tertiary/aromatic N) is 2. The maximum absolute atomic E-state index is 11.4. The minimum Gasteiger partial charge on any atom is -0.480 e. The first kappa shape index (κ1) is 13.9. The van der Waals surface area contributed by atoms with Crippen LogP contribution in [-0.4, -0.2) is 67.1 Å². The Morgan fingerprint density at radius 1 is 1.27 bits per heavy atom. The van der Waals surface area contributed by atoms with Crippen LogP contribution in [0.25, 0.3) is 0 Å². The lowest BCUT2D eigenvalue weighted by atomic mass is 10.2. The molecule has 88 valence electrons. The predicted octanol–water partition coefficient (Wildman–Crippen LogP) is -1.19. The second-order valence-electron chi connectivity index (χ2n) is 3.77. The molecule has 0 radical (unpaired) electrons. The molecule has 0 aromatic rings. The Labute approximate surface area is 89.6 Å². The van der Waals surface area contributed by atoms with Crippen molar-refractivity contribution in [2.45, 2.75) is 12.5 Å². The lowest BCUT2D eigenvalue weighted by molar-refractivity contribution is -0.142. The molecule has 0 rings (SSSR count). The molecule has 0 aliphatic heterocycles. The Hall–Kier alpha value is -1.14. The van der Waals surface area contributed by atoms with Crippen molar-refractivity contribution in [1.82, 2.24) is 9.80 Å². The molecule has 0 saturated carbocycles. The molecule has 6 heteroatoms. The fourth-order valence-corrected chi connectivity index (χ4v) is 0.906. The first-order valence-corrected chi connectivity index (χ1v) is 4.71. The maximum atomic E-state index is 11.4. The summed E-state index contributed by atoms with van der Waals surface area (Å²) >= 11 is 0. The summed E-state index contributed by atoms with van der Waals surface area (Å²) in [5.74, 6) is -1.39. The van der Waals surface area contributed by atoms with Crippen molar-refractivity contribution in [2.75, 3.05) is 34.2 Å². The molecule has 1 atom stereocenters. The molecule has 0 unspecified atom stereocenters. The van der Waals surface area contributed by atoms with Crippen molar-refractivity contribution in [2.24, 2.45) is 5.73 Å². The average molecular weight is 217 g/mol. The van der Waals surface area contributed by atoms with E-state index in [0.717, 1.165) is 6.54 Å². The Morgan fingerprint density at radius 2 is 1.80 bits per heavy atom. The lowest BCUT2D eigenvalue weighted by Crippen LogP contribution is -2.39. The van der Waals surface area contributed by atoms with Gasteiger partial charge in [0.2, 0.25) is 5.91 Å². The number of aliphatic carboxylic acids is 1. The van der Waals surface area contributed by atoms with Gasteiger partial charge in [-0.05, 0) is 14.1 Å². The van der Waals surface area contributed by atoms with Gasteiger partial charge in [-0.2, -0.15) is 0 Å². The number of nitrogens with two attached hydrogens (primary N) is 1. The first-order chi connectivity index (χ1) is 6.84. The molecule has 0 aliphatic rings. The monoisotopic (exact) mass is 217 g/mol. The van der Waals surface area contributed by atoms with Crippen molar-refractivity contribution in [1.29, 1.82) is 0 Å². The molecule has 0 saturated heterocycles. The van der Waals surface area contributed by atoms with Gasteiger partial charge in [0.25, 0.3) is 0 Å². The third kappa shape index (κ3) is 6.03. The van der Waals surface area contributed by atoms with E-state index in [4.69, 9.17) is 10.8 Å². The fraction of sp³-hybridized carbons (Fsp3) is 0.778.